The fourth-order valence-electron chi connectivity index (χ4n) is 2.76. The zero-order valence-corrected chi connectivity index (χ0v) is 11.9. The van der Waals surface area contributed by atoms with E-state index < -0.39 is 0 Å². The number of aliphatic hydroxyl groups excluding tert-OH is 1. The first-order valence-electron chi connectivity index (χ1n) is 6.41. The quantitative estimate of drug-likeness (QED) is 0.838. The topological polar surface area (TPSA) is 49.2 Å². The normalized spacial score (nSPS) is 28.5. The summed E-state index contributed by atoms with van der Waals surface area (Å²) < 4.78 is 0. The van der Waals surface area contributed by atoms with Crippen molar-refractivity contribution in [3.8, 4) is 0 Å². The third kappa shape index (κ3) is 2.45. The molecule has 1 aromatic rings. The number of aliphatic hydroxyl groups is 1. The summed E-state index contributed by atoms with van der Waals surface area (Å²) in [5, 5.41) is 9.80. The molecule has 1 aliphatic heterocycles. The van der Waals surface area contributed by atoms with E-state index in [1.54, 1.807) is 0 Å². The lowest BCUT2D eigenvalue weighted by Gasteiger charge is -2.42. The number of rotatable bonds is 2. The number of halogens is 1. The Kier molecular flexibility index (Phi) is 4.07. The second-order valence-electron chi connectivity index (χ2n) is 5.34. The van der Waals surface area contributed by atoms with Gasteiger partial charge in [-0.1, -0.05) is 25.4 Å². The highest BCUT2D eigenvalue weighted by Crippen LogP contribution is 2.33. The maximum atomic E-state index is 9.46. The largest absolute Gasteiger partial charge is 0.391 e. The molecule has 5 heteroatoms. The van der Waals surface area contributed by atoms with Crippen molar-refractivity contribution >= 4 is 17.4 Å². The van der Waals surface area contributed by atoms with Gasteiger partial charge in [-0.2, -0.15) is 0 Å². The zero-order valence-electron chi connectivity index (χ0n) is 11.1. The molecule has 100 valence electrons. The molecule has 1 fully saturated rings. The first-order valence-corrected chi connectivity index (χ1v) is 6.79. The lowest BCUT2D eigenvalue weighted by molar-refractivity contribution is 0.274. The Hall–Kier alpha value is -0.870. The molecule has 1 N–H and O–H groups in total. The maximum absolute atomic E-state index is 9.46. The number of aromatic nitrogens is 2. The Balaban J connectivity index is 2.38. The predicted molar refractivity (Wildman–Crippen MR) is 72.7 cm³/mol. The molecule has 0 saturated carbocycles. The Morgan fingerprint density at radius 3 is 2.78 bits per heavy atom. The zero-order chi connectivity index (χ0) is 13.3. The molecular formula is C13H20ClN3O. The molecule has 4 nitrogen and oxygen atoms in total. The highest BCUT2D eigenvalue weighted by atomic mass is 35.5. The van der Waals surface area contributed by atoms with Crippen molar-refractivity contribution in [1.29, 1.82) is 0 Å². The van der Waals surface area contributed by atoms with Gasteiger partial charge < -0.3 is 10.0 Å². The summed E-state index contributed by atoms with van der Waals surface area (Å²) in [7, 11) is 0. The molecule has 2 heterocycles. The minimum atomic E-state index is -0.124. The number of anilines is 1. The lowest BCUT2D eigenvalue weighted by atomic mass is 9.86. The summed E-state index contributed by atoms with van der Waals surface area (Å²) in [6.07, 6.45) is 2.69. The van der Waals surface area contributed by atoms with Gasteiger partial charge in [0, 0.05) is 12.6 Å². The number of hydrogen-bond donors (Lipinski definition) is 1. The van der Waals surface area contributed by atoms with Crippen LogP contribution in [-0.2, 0) is 6.61 Å². The van der Waals surface area contributed by atoms with Crippen LogP contribution >= 0.6 is 11.6 Å². The van der Waals surface area contributed by atoms with E-state index in [-0.39, 0.29) is 6.61 Å². The Labute approximate surface area is 113 Å². The van der Waals surface area contributed by atoms with Gasteiger partial charge >= 0.3 is 0 Å². The van der Waals surface area contributed by atoms with E-state index in [0.717, 1.165) is 12.4 Å². The van der Waals surface area contributed by atoms with Crippen molar-refractivity contribution in [2.24, 2.45) is 11.8 Å². The van der Waals surface area contributed by atoms with Crippen LogP contribution in [0.5, 0.6) is 0 Å². The minimum Gasteiger partial charge on any atom is -0.391 e. The van der Waals surface area contributed by atoms with Crippen LogP contribution in [0.25, 0.3) is 0 Å². The molecule has 0 bridgehead atoms. The molecule has 0 aromatic carbocycles. The first-order chi connectivity index (χ1) is 8.54. The van der Waals surface area contributed by atoms with E-state index >= 15 is 0 Å². The molecular weight excluding hydrogens is 250 g/mol. The Morgan fingerprint density at radius 1 is 1.39 bits per heavy atom. The van der Waals surface area contributed by atoms with E-state index in [1.165, 1.54) is 12.7 Å². The smallest absolute Gasteiger partial charge is 0.140 e. The van der Waals surface area contributed by atoms with Gasteiger partial charge in [-0.15, -0.1) is 0 Å². The Bertz CT molecular complexity index is 427. The van der Waals surface area contributed by atoms with Crippen LogP contribution in [0.15, 0.2) is 6.33 Å². The van der Waals surface area contributed by atoms with Gasteiger partial charge in [-0.3, -0.25) is 0 Å². The number of nitrogens with zero attached hydrogens (tertiary/aromatic N) is 3. The van der Waals surface area contributed by atoms with Crippen molar-refractivity contribution in [2.75, 3.05) is 11.4 Å². The third-order valence-electron chi connectivity index (χ3n) is 3.90. The summed E-state index contributed by atoms with van der Waals surface area (Å²) in [5.41, 5.74) is 0.632. The second-order valence-corrected chi connectivity index (χ2v) is 5.69. The molecule has 2 rings (SSSR count). The fraction of sp³-hybridized carbons (Fsp3) is 0.692. The monoisotopic (exact) mass is 269 g/mol. The standard InChI is InChI=1S/C13H20ClN3O/c1-8-4-9(2)10(3)17(5-8)13-11(6-18)12(14)15-7-16-13/h7-10,18H,4-6H2,1-3H3. The van der Waals surface area contributed by atoms with E-state index in [0.29, 0.717) is 28.6 Å². The highest BCUT2D eigenvalue weighted by molar-refractivity contribution is 6.30. The van der Waals surface area contributed by atoms with Gasteiger partial charge in [-0.25, -0.2) is 9.97 Å². The minimum absolute atomic E-state index is 0.124. The average Bonchev–Trinajstić information content (AvgIpc) is 2.33. The summed E-state index contributed by atoms with van der Waals surface area (Å²) in [6, 6.07) is 0.400. The fourth-order valence-corrected chi connectivity index (χ4v) is 2.95. The van der Waals surface area contributed by atoms with Crippen LogP contribution in [-0.4, -0.2) is 27.7 Å². The summed E-state index contributed by atoms with van der Waals surface area (Å²) in [4.78, 5) is 10.5. The van der Waals surface area contributed by atoms with Crippen molar-refractivity contribution < 1.29 is 5.11 Å². The van der Waals surface area contributed by atoms with Gasteiger partial charge in [0.25, 0.3) is 0 Å². The van der Waals surface area contributed by atoms with Crippen molar-refractivity contribution in [1.82, 2.24) is 9.97 Å². The molecule has 0 radical (unpaired) electrons. The van der Waals surface area contributed by atoms with Crippen LogP contribution in [0.4, 0.5) is 5.82 Å². The summed E-state index contributed by atoms with van der Waals surface area (Å²) >= 11 is 6.03. The molecule has 1 aromatic heterocycles. The van der Waals surface area contributed by atoms with E-state index in [4.69, 9.17) is 11.6 Å². The van der Waals surface area contributed by atoms with Gasteiger partial charge in [-0.05, 0) is 25.2 Å². The number of hydrogen-bond acceptors (Lipinski definition) is 4. The molecule has 3 atom stereocenters. The molecule has 3 unspecified atom stereocenters. The molecule has 0 spiro atoms. The van der Waals surface area contributed by atoms with Crippen molar-refractivity contribution in [3.63, 3.8) is 0 Å². The molecule has 18 heavy (non-hydrogen) atoms. The average molecular weight is 270 g/mol. The molecule has 0 aliphatic carbocycles. The molecule has 1 aliphatic rings. The van der Waals surface area contributed by atoms with Gasteiger partial charge in [0.2, 0.25) is 0 Å². The van der Waals surface area contributed by atoms with Gasteiger partial charge in [0.15, 0.2) is 0 Å². The van der Waals surface area contributed by atoms with Crippen LogP contribution in [0.3, 0.4) is 0 Å². The van der Waals surface area contributed by atoms with Gasteiger partial charge in [0.05, 0.1) is 12.2 Å². The van der Waals surface area contributed by atoms with Crippen LogP contribution < -0.4 is 4.90 Å². The van der Waals surface area contributed by atoms with Crippen LogP contribution in [0, 0.1) is 11.8 Å². The number of piperidine rings is 1. The first kappa shape index (κ1) is 13.6. The lowest BCUT2D eigenvalue weighted by Crippen LogP contribution is -2.46. The van der Waals surface area contributed by atoms with Crippen LogP contribution in [0.2, 0.25) is 5.15 Å². The highest BCUT2D eigenvalue weighted by Gasteiger charge is 2.31. The SMILES string of the molecule is CC1CC(C)C(C)N(c2ncnc(Cl)c2CO)C1. The van der Waals surface area contributed by atoms with Crippen LogP contribution in [0.1, 0.15) is 32.8 Å². The third-order valence-corrected chi connectivity index (χ3v) is 4.22. The molecule has 1 saturated heterocycles. The van der Waals surface area contributed by atoms with Gasteiger partial charge in [0.1, 0.15) is 17.3 Å². The van der Waals surface area contributed by atoms with E-state index in [2.05, 4.69) is 35.6 Å². The molecule has 0 amide bonds. The Morgan fingerprint density at radius 2 is 2.11 bits per heavy atom. The van der Waals surface area contributed by atoms with E-state index in [1.807, 2.05) is 0 Å². The van der Waals surface area contributed by atoms with Crippen molar-refractivity contribution in [2.45, 2.75) is 39.8 Å². The van der Waals surface area contributed by atoms with Crippen molar-refractivity contribution in [3.05, 3.63) is 17.0 Å². The van der Waals surface area contributed by atoms with E-state index in [9.17, 15) is 5.11 Å². The summed E-state index contributed by atoms with van der Waals surface area (Å²) in [6.45, 7) is 7.53. The predicted octanol–water partition coefficient (Wildman–Crippen LogP) is 2.49. The maximum Gasteiger partial charge on any atom is 0.140 e. The summed E-state index contributed by atoms with van der Waals surface area (Å²) in [5.74, 6) is 2.01. The second kappa shape index (κ2) is 5.41.